The van der Waals surface area contributed by atoms with Crippen LogP contribution in [-0.4, -0.2) is 32.5 Å². The average Bonchev–Trinajstić information content (AvgIpc) is 2.28. The SMILES string of the molecule is C[C@@H](c1ccc(OC(F)F)cc1)S(=O)(=O)CCO. The quantitative estimate of drug-likeness (QED) is 0.862. The number of rotatable bonds is 6. The van der Waals surface area contributed by atoms with Gasteiger partial charge in [-0.3, -0.25) is 0 Å². The molecule has 0 heterocycles. The minimum absolute atomic E-state index is 0.0273. The Morgan fingerprint density at radius 3 is 2.28 bits per heavy atom. The second kappa shape index (κ2) is 6.10. The molecule has 0 saturated heterocycles. The molecule has 1 aromatic rings. The Balaban J connectivity index is 2.85. The summed E-state index contributed by atoms with van der Waals surface area (Å²) in [4.78, 5) is 0. The van der Waals surface area contributed by atoms with E-state index < -0.39 is 28.3 Å². The van der Waals surface area contributed by atoms with Crippen LogP contribution >= 0.6 is 0 Å². The normalized spacial score (nSPS) is 13.6. The summed E-state index contributed by atoms with van der Waals surface area (Å²) in [7, 11) is -3.44. The van der Waals surface area contributed by atoms with Crippen molar-refractivity contribution in [2.75, 3.05) is 12.4 Å². The van der Waals surface area contributed by atoms with Crippen LogP contribution in [0.5, 0.6) is 5.75 Å². The van der Waals surface area contributed by atoms with Crippen LogP contribution < -0.4 is 4.74 Å². The molecule has 0 spiro atoms. The first-order valence-corrected chi connectivity index (χ1v) is 6.95. The fourth-order valence-electron chi connectivity index (χ4n) is 1.43. The fraction of sp³-hybridized carbons (Fsp3) is 0.455. The van der Waals surface area contributed by atoms with E-state index in [2.05, 4.69) is 4.74 Å². The minimum Gasteiger partial charge on any atom is -0.435 e. The van der Waals surface area contributed by atoms with E-state index in [1.165, 1.54) is 31.2 Å². The standard InChI is InChI=1S/C11H14F2O4S/c1-8(18(15,16)7-6-14)9-2-4-10(5-3-9)17-11(12)13/h2-5,8,11,14H,6-7H2,1H3/t8-/m0/s1. The number of aliphatic hydroxyl groups excluding tert-OH is 1. The molecule has 0 radical (unpaired) electrons. The highest BCUT2D eigenvalue weighted by Crippen LogP contribution is 2.25. The van der Waals surface area contributed by atoms with Crippen LogP contribution in [0.4, 0.5) is 8.78 Å². The third-order valence-corrected chi connectivity index (χ3v) is 4.59. The first kappa shape index (κ1) is 14.8. The van der Waals surface area contributed by atoms with Crippen LogP contribution in [0.2, 0.25) is 0 Å². The Labute approximate surface area is 104 Å². The van der Waals surface area contributed by atoms with Gasteiger partial charge in [-0.25, -0.2) is 8.42 Å². The van der Waals surface area contributed by atoms with Crippen molar-refractivity contribution in [3.63, 3.8) is 0 Å². The summed E-state index contributed by atoms with van der Waals surface area (Å²) in [6.45, 7) is -1.88. The zero-order chi connectivity index (χ0) is 13.8. The molecule has 0 unspecified atom stereocenters. The number of hydrogen-bond acceptors (Lipinski definition) is 4. The highest BCUT2D eigenvalue weighted by atomic mass is 32.2. The summed E-state index contributed by atoms with van der Waals surface area (Å²) in [6.07, 6.45) is 0. The van der Waals surface area contributed by atoms with E-state index in [4.69, 9.17) is 5.11 Å². The van der Waals surface area contributed by atoms with E-state index in [0.717, 1.165) is 0 Å². The molecular formula is C11H14F2O4S. The Bertz CT molecular complexity index is 470. The summed E-state index contributed by atoms with van der Waals surface area (Å²) >= 11 is 0. The van der Waals surface area contributed by atoms with Crippen molar-refractivity contribution in [1.29, 1.82) is 0 Å². The number of ether oxygens (including phenoxy) is 1. The van der Waals surface area contributed by atoms with Gasteiger partial charge in [0.15, 0.2) is 9.84 Å². The molecular weight excluding hydrogens is 266 g/mol. The average molecular weight is 280 g/mol. The topological polar surface area (TPSA) is 63.6 Å². The maximum atomic E-state index is 11.9. The molecule has 0 amide bonds. The second-order valence-electron chi connectivity index (χ2n) is 3.68. The van der Waals surface area contributed by atoms with Gasteiger partial charge in [0.1, 0.15) is 5.75 Å². The third-order valence-electron chi connectivity index (χ3n) is 2.49. The van der Waals surface area contributed by atoms with Crippen molar-refractivity contribution < 1.29 is 27.0 Å². The molecule has 18 heavy (non-hydrogen) atoms. The molecule has 0 aromatic heterocycles. The van der Waals surface area contributed by atoms with Gasteiger partial charge in [0.2, 0.25) is 0 Å². The Morgan fingerprint density at radius 2 is 1.83 bits per heavy atom. The van der Waals surface area contributed by atoms with E-state index in [0.29, 0.717) is 5.56 Å². The lowest BCUT2D eigenvalue weighted by Crippen LogP contribution is -2.16. The van der Waals surface area contributed by atoms with Crippen LogP contribution in [-0.2, 0) is 9.84 Å². The van der Waals surface area contributed by atoms with Gasteiger partial charge >= 0.3 is 6.61 Å². The lowest BCUT2D eigenvalue weighted by Gasteiger charge is -2.13. The molecule has 0 aliphatic rings. The molecule has 0 saturated carbocycles. The van der Waals surface area contributed by atoms with Crippen molar-refractivity contribution in [3.05, 3.63) is 29.8 Å². The van der Waals surface area contributed by atoms with Gasteiger partial charge in [0.05, 0.1) is 17.6 Å². The van der Waals surface area contributed by atoms with E-state index >= 15 is 0 Å². The molecule has 7 heteroatoms. The van der Waals surface area contributed by atoms with E-state index in [1.54, 1.807) is 0 Å². The number of hydrogen-bond donors (Lipinski definition) is 1. The molecule has 0 fully saturated rings. The molecule has 1 N–H and O–H groups in total. The van der Waals surface area contributed by atoms with Crippen molar-refractivity contribution in [2.45, 2.75) is 18.8 Å². The second-order valence-corrected chi connectivity index (χ2v) is 6.12. The Kier molecular flexibility index (Phi) is 5.03. The maximum absolute atomic E-state index is 11.9. The zero-order valence-electron chi connectivity index (χ0n) is 9.71. The molecule has 1 rings (SSSR count). The summed E-state index contributed by atoms with van der Waals surface area (Å²) in [6, 6.07) is 5.40. The molecule has 0 aliphatic carbocycles. The minimum atomic E-state index is -3.44. The smallest absolute Gasteiger partial charge is 0.387 e. The number of sulfone groups is 1. The summed E-state index contributed by atoms with van der Waals surface area (Å²) in [5.74, 6) is -0.357. The van der Waals surface area contributed by atoms with Crippen molar-refractivity contribution in [3.8, 4) is 5.75 Å². The van der Waals surface area contributed by atoms with E-state index in [-0.39, 0.29) is 11.5 Å². The Hall–Kier alpha value is -1.21. The van der Waals surface area contributed by atoms with Gasteiger partial charge in [-0.1, -0.05) is 12.1 Å². The van der Waals surface area contributed by atoms with Crippen LogP contribution in [0.1, 0.15) is 17.7 Å². The molecule has 102 valence electrons. The van der Waals surface area contributed by atoms with Crippen LogP contribution in [0, 0.1) is 0 Å². The number of halogens is 2. The van der Waals surface area contributed by atoms with Gasteiger partial charge in [0, 0.05) is 0 Å². The molecule has 0 aliphatic heterocycles. The van der Waals surface area contributed by atoms with Gasteiger partial charge in [-0.05, 0) is 24.6 Å². The summed E-state index contributed by atoms with van der Waals surface area (Å²) < 4.78 is 51.4. The van der Waals surface area contributed by atoms with Crippen LogP contribution in [0.25, 0.3) is 0 Å². The fourth-order valence-corrected chi connectivity index (χ4v) is 2.61. The van der Waals surface area contributed by atoms with Crippen molar-refractivity contribution >= 4 is 9.84 Å². The third kappa shape index (κ3) is 3.92. The highest BCUT2D eigenvalue weighted by molar-refractivity contribution is 7.91. The summed E-state index contributed by atoms with van der Waals surface area (Å²) in [5.41, 5.74) is 0.463. The monoisotopic (exact) mass is 280 g/mol. The largest absolute Gasteiger partial charge is 0.435 e. The highest BCUT2D eigenvalue weighted by Gasteiger charge is 2.21. The van der Waals surface area contributed by atoms with Gasteiger partial charge < -0.3 is 9.84 Å². The number of alkyl halides is 2. The van der Waals surface area contributed by atoms with E-state index in [9.17, 15) is 17.2 Å². The number of aliphatic hydroxyl groups is 1. The Morgan fingerprint density at radius 1 is 1.28 bits per heavy atom. The maximum Gasteiger partial charge on any atom is 0.387 e. The van der Waals surface area contributed by atoms with E-state index in [1.807, 2.05) is 0 Å². The first-order valence-electron chi connectivity index (χ1n) is 5.24. The predicted octanol–water partition coefficient (Wildman–Crippen LogP) is 1.76. The lowest BCUT2D eigenvalue weighted by molar-refractivity contribution is -0.0498. The first-order chi connectivity index (χ1) is 8.36. The van der Waals surface area contributed by atoms with Crippen LogP contribution in [0.15, 0.2) is 24.3 Å². The van der Waals surface area contributed by atoms with Crippen LogP contribution in [0.3, 0.4) is 0 Å². The molecule has 4 nitrogen and oxygen atoms in total. The predicted molar refractivity (Wildman–Crippen MR) is 62.4 cm³/mol. The summed E-state index contributed by atoms with van der Waals surface area (Å²) in [5, 5.41) is 7.86. The van der Waals surface area contributed by atoms with Gasteiger partial charge in [-0.15, -0.1) is 0 Å². The van der Waals surface area contributed by atoms with Gasteiger partial charge in [0.25, 0.3) is 0 Å². The zero-order valence-corrected chi connectivity index (χ0v) is 10.5. The molecule has 0 bridgehead atoms. The van der Waals surface area contributed by atoms with Crippen molar-refractivity contribution in [1.82, 2.24) is 0 Å². The number of benzene rings is 1. The lowest BCUT2D eigenvalue weighted by atomic mass is 10.2. The van der Waals surface area contributed by atoms with Gasteiger partial charge in [-0.2, -0.15) is 8.78 Å². The van der Waals surface area contributed by atoms with Crippen molar-refractivity contribution in [2.24, 2.45) is 0 Å². The molecule has 1 atom stereocenters. The molecule has 1 aromatic carbocycles.